The number of H-pyrrole nitrogens is 1. The number of aromatic nitrogens is 3. The third kappa shape index (κ3) is 2.98. The molecule has 6 nitrogen and oxygen atoms in total. The molecule has 1 N–H and O–H groups in total. The number of hydrogen-bond acceptors (Lipinski definition) is 4. The molecule has 0 radical (unpaired) electrons. The molecule has 0 spiro atoms. The summed E-state index contributed by atoms with van der Waals surface area (Å²) >= 11 is 0. The maximum atomic E-state index is 12.7. The van der Waals surface area contributed by atoms with Crippen LogP contribution in [0.25, 0.3) is 0 Å². The third-order valence-electron chi connectivity index (χ3n) is 3.67. The van der Waals surface area contributed by atoms with E-state index in [1.165, 1.54) is 0 Å². The molecule has 1 aromatic carbocycles. The molecule has 1 aromatic heterocycles. The fourth-order valence-corrected chi connectivity index (χ4v) is 4.48. The van der Waals surface area contributed by atoms with Crippen molar-refractivity contribution in [2.45, 2.75) is 31.6 Å². The summed E-state index contributed by atoms with van der Waals surface area (Å²) in [7, 11) is -3.36. The lowest BCUT2D eigenvalue weighted by Crippen LogP contribution is -2.32. The SMILES string of the molecule is Cc1nc(C2CCCN2S(=O)(=O)Cc2ccccc2)n[nH]1. The van der Waals surface area contributed by atoms with E-state index >= 15 is 0 Å². The first-order chi connectivity index (χ1) is 10.1. The second-order valence-electron chi connectivity index (χ2n) is 5.29. The minimum Gasteiger partial charge on any atom is -0.263 e. The van der Waals surface area contributed by atoms with Gasteiger partial charge in [0, 0.05) is 6.54 Å². The fourth-order valence-electron chi connectivity index (χ4n) is 2.71. The molecule has 0 saturated carbocycles. The number of sulfonamides is 1. The minimum absolute atomic E-state index is 0.0216. The van der Waals surface area contributed by atoms with Gasteiger partial charge in [0.1, 0.15) is 5.82 Å². The molecule has 2 aromatic rings. The number of aromatic amines is 1. The second-order valence-corrected chi connectivity index (χ2v) is 7.21. The first kappa shape index (κ1) is 14.2. The Morgan fingerprint density at radius 3 is 2.76 bits per heavy atom. The Labute approximate surface area is 124 Å². The van der Waals surface area contributed by atoms with Gasteiger partial charge in [-0.1, -0.05) is 30.3 Å². The number of nitrogens with zero attached hydrogens (tertiary/aromatic N) is 3. The van der Waals surface area contributed by atoms with Gasteiger partial charge >= 0.3 is 0 Å². The molecule has 1 aliphatic heterocycles. The van der Waals surface area contributed by atoms with Crippen molar-refractivity contribution in [3.63, 3.8) is 0 Å². The van der Waals surface area contributed by atoms with Gasteiger partial charge in [-0.2, -0.15) is 9.40 Å². The fraction of sp³-hybridized carbons (Fsp3) is 0.429. The van der Waals surface area contributed by atoms with Gasteiger partial charge in [0.2, 0.25) is 10.0 Å². The molecule has 3 rings (SSSR count). The van der Waals surface area contributed by atoms with Crippen molar-refractivity contribution in [1.29, 1.82) is 0 Å². The van der Waals surface area contributed by atoms with Crippen LogP contribution >= 0.6 is 0 Å². The van der Waals surface area contributed by atoms with Crippen molar-refractivity contribution in [3.8, 4) is 0 Å². The molecule has 7 heteroatoms. The average molecular weight is 306 g/mol. The van der Waals surface area contributed by atoms with E-state index in [-0.39, 0.29) is 11.8 Å². The van der Waals surface area contributed by atoms with E-state index in [2.05, 4.69) is 15.2 Å². The largest absolute Gasteiger partial charge is 0.263 e. The van der Waals surface area contributed by atoms with Crippen LogP contribution in [0, 0.1) is 6.92 Å². The van der Waals surface area contributed by atoms with Crippen LogP contribution in [0.5, 0.6) is 0 Å². The summed E-state index contributed by atoms with van der Waals surface area (Å²) in [5.41, 5.74) is 0.800. The molecule has 112 valence electrons. The van der Waals surface area contributed by atoms with Gasteiger partial charge in [-0.05, 0) is 25.3 Å². The van der Waals surface area contributed by atoms with Crippen LogP contribution in [-0.4, -0.2) is 34.4 Å². The Morgan fingerprint density at radius 1 is 1.33 bits per heavy atom. The van der Waals surface area contributed by atoms with E-state index in [1.54, 1.807) is 4.31 Å². The number of benzene rings is 1. The van der Waals surface area contributed by atoms with Crippen molar-refractivity contribution < 1.29 is 8.42 Å². The van der Waals surface area contributed by atoms with E-state index in [9.17, 15) is 8.42 Å². The molecular weight excluding hydrogens is 288 g/mol. The van der Waals surface area contributed by atoms with Crippen molar-refractivity contribution in [2.24, 2.45) is 0 Å². The van der Waals surface area contributed by atoms with E-state index in [0.717, 1.165) is 18.4 Å². The van der Waals surface area contributed by atoms with Crippen LogP contribution in [-0.2, 0) is 15.8 Å². The Morgan fingerprint density at radius 2 is 2.10 bits per heavy atom. The highest BCUT2D eigenvalue weighted by Gasteiger charge is 2.37. The quantitative estimate of drug-likeness (QED) is 0.934. The Hall–Kier alpha value is -1.73. The van der Waals surface area contributed by atoms with E-state index < -0.39 is 10.0 Å². The first-order valence-corrected chi connectivity index (χ1v) is 8.59. The van der Waals surface area contributed by atoms with Crippen LogP contribution in [0.3, 0.4) is 0 Å². The van der Waals surface area contributed by atoms with Gasteiger partial charge in [0.05, 0.1) is 11.8 Å². The van der Waals surface area contributed by atoms with E-state index in [1.807, 2.05) is 37.3 Å². The molecule has 0 bridgehead atoms. The van der Waals surface area contributed by atoms with E-state index in [0.29, 0.717) is 18.2 Å². The van der Waals surface area contributed by atoms with Crippen LogP contribution in [0.2, 0.25) is 0 Å². The molecular formula is C14H18N4O2S. The van der Waals surface area contributed by atoms with Gasteiger partial charge in [0.25, 0.3) is 0 Å². The summed E-state index contributed by atoms with van der Waals surface area (Å²) in [5.74, 6) is 1.30. The normalized spacial score (nSPS) is 20.0. The van der Waals surface area contributed by atoms with Gasteiger partial charge in [-0.3, -0.25) is 5.10 Å². The molecule has 2 heterocycles. The standard InChI is InChI=1S/C14H18N4O2S/c1-11-15-14(17-16-11)13-8-5-9-18(13)21(19,20)10-12-6-3-2-4-7-12/h2-4,6-7,13H,5,8-10H2,1H3,(H,15,16,17). The van der Waals surface area contributed by atoms with Crippen LogP contribution < -0.4 is 0 Å². The van der Waals surface area contributed by atoms with Crippen molar-refractivity contribution in [3.05, 3.63) is 47.5 Å². The molecule has 1 fully saturated rings. The molecule has 1 atom stereocenters. The lowest BCUT2D eigenvalue weighted by atomic mass is 10.2. The highest BCUT2D eigenvalue weighted by Crippen LogP contribution is 2.33. The zero-order chi connectivity index (χ0) is 14.9. The zero-order valence-corrected chi connectivity index (χ0v) is 12.7. The summed E-state index contributed by atoms with van der Waals surface area (Å²) in [6, 6.07) is 9.00. The molecule has 21 heavy (non-hydrogen) atoms. The predicted molar refractivity (Wildman–Crippen MR) is 78.9 cm³/mol. The van der Waals surface area contributed by atoms with E-state index in [4.69, 9.17) is 0 Å². The molecule has 1 aliphatic rings. The van der Waals surface area contributed by atoms with Gasteiger partial charge in [0.15, 0.2) is 5.82 Å². The van der Waals surface area contributed by atoms with Crippen molar-refractivity contribution >= 4 is 10.0 Å². The Balaban J connectivity index is 1.84. The third-order valence-corrected chi connectivity index (χ3v) is 5.52. The summed E-state index contributed by atoms with van der Waals surface area (Å²) in [4.78, 5) is 4.29. The van der Waals surface area contributed by atoms with Crippen molar-refractivity contribution in [1.82, 2.24) is 19.5 Å². The summed E-state index contributed by atoms with van der Waals surface area (Å²) in [6.07, 6.45) is 1.61. The summed E-state index contributed by atoms with van der Waals surface area (Å²) in [6.45, 7) is 2.35. The topological polar surface area (TPSA) is 79.0 Å². The second kappa shape index (κ2) is 5.57. The maximum Gasteiger partial charge on any atom is 0.218 e. The Kier molecular flexibility index (Phi) is 3.77. The van der Waals surface area contributed by atoms with Crippen LogP contribution in [0.15, 0.2) is 30.3 Å². The number of rotatable bonds is 4. The zero-order valence-electron chi connectivity index (χ0n) is 11.9. The summed E-state index contributed by atoms with van der Waals surface area (Å²) < 4.78 is 26.9. The predicted octanol–water partition coefficient (Wildman–Crippen LogP) is 1.78. The van der Waals surface area contributed by atoms with Crippen molar-refractivity contribution in [2.75, 3.05) is 6.54 Å². The Bertz CT molecular complexity index is 712. The van der Waals surface area contributed by atoms with Gasteiger partial charge in [-0.15, -0.1) is 0 Å². The highest BCUT2D eigenvalue weighted by molar-refractivity contribution is 7.88. The smallest absolute Gasteiger partial charge is 0.218 e. The lowest BCUT2D eigenvalue weighted by molar-refractivity contribution is 0.383. The highest BCUT2D eigenvalue weighted by atomic mass is 32.2. The van der Waals surface area contributed by atoms with Crippen LogP contribution in [0.1, 0.15) is 36.1 Å². The molecule has 0 amide bonds. The average Bonchev–Trinajstić information content (AvgIpc) is 3.07. The molecule has 0 aliphatic carbocycles. The monoisotopic (exact) mass is 306 g/mol. The molecule has 1 saturated heterocycles. The lowest BCUT2D eigenvalue weighted by Gasteiger charge is -2.22. The number of hydrogen-bond donors (Lipinski definition) is 1. The number of nitrogens with one attached hydrogen (secondary N) is 1. The first-order valence-electron chi connectivity index (χ1n) is 6.98. The maximum absolute atomic E-state index is 12.7. The molecule has 1 unspecified atom stereocenters. The van der Waals surface area contributed by atoms with Gasteiger partial charge < -0.3 is 0 Å². The minimum atomic E-state index is -3.36. The number of aryl methyl sites for hydroxylation is 1. The van der Waals surface area contributed by atoms with Gasteiger partial charge in [-0.25, -0.2) is 13.4 Å². The van der Waals surface area contributed by atoms with Crippen LogP contribution in [0.4, 0.5) is 0 Å². The summed E-state index contributed by atoms with van der Waals surface area (Å²) in [5, 5.41) is 6.91.